The minimum absolute atomic E-state index is 0.158. The van der Waals surface area contributed by atoms with Gasteiger partial charge in [-0.15, -0.1) is 0 Å². The van der Waals surface area contributed by atoms with Crippen LogP contribution < -0.4 is 16.4 Å². The maximum atomic E-state index is 11.9. The number of aryl methyl sites for hydroxylation is 1. The molecule has 0 aliphatic rings. The molecule has 6 heteroatoms. The monoisotopic (exact) mass is 337 g/mol. The number of hydrogen-bond donors (Lipinski definition) is 3. The predicted molar refractivity (Wildman–Crippen MR) is 96.8 cm³/mol. The summed E-state index contributed by atoms with van der Waals surface area (Å²) < 4.78 is 0. The molecule has 0 radical (unpaired) electrons. The number of benzene rings is 2. The smallest absolute Gasteiger partial charge is 0.248 e. The van der Waals surface area contributed by atoms with Crippen molar-refractivity contribution in [3.63, 3.8) is 0 Å². The van der Waals surface area contributed by atoms with Crippen LogP contribution in [0.5, 0.6) is 0 Å². The Labute approximate surface area is 145 Å². The van der Waals surface area contributed by atoms with Gasteiger partial charge in [-0.1, -0.05) is 30.3 Å². The lowest BCUT2D eigenvalue weighted by Crippen LogP contribution is -2.31. The van der Waals surface area contributed by atoms with Crippen LogP contribution in [-0.2, 0) is 9.59 Å². The topological polar surface area (TPSA) is 101 Å². The Morgan fingerprint density at radius 2 is 1.80 bits per heavy atom. The number of rotatable bonds is 6. The molecule has 0 bridgehead atoms. The zero-order chi connectivity index (χ0) is 18.2. The molecule has 25 heavy (non-hydrogen) atoms. The second kappa shape index (κ2) is 8.44. The molecule has 0 saturated heterocycles. The van der Waals surface area contributed by atoms with Crippen LogP contribution >= 0.6 is 0 Å². The van der Waals surface area contributed by atoms with E-state index in [1.807, 2.05) is 30.3 Å². The first-order chi connectivity index (χ1) is 12.0. The standard InChI is InChI=1S/C19H19N3O3/c1-13-11-15(8-9-16(13)19(20)25)22-18(24)12-21-17(23)10-7-14-5-3-2-4-6-14/h2-11H,12H2,1H3,(H2,20,25)(H,21,23)(H,22,24). The highest BCUT2D eigenvalue weighted by Crippen LogP contribution is 2.14. The number of primary amides is 1. The number of anilines is 1. The molecule has 0 spiro atoms. The summed E-state index contributed by atoms with van der Waals surface area (Å²) >= 11 is 0. The molecule has 0 aliphatic carbocycles. The molecule has 0 aromatic heterocycles. The van der Waals surface area contributed by atoms with E-state index in [2.05, 4.69) is 10.6 Å². The molecule has 0 heterocycles. The molecule has 0 unspecified atom stereocenters. The van der Waals surface area contributed by atoms with E-state index in [1.165, 1.54) is 6.08 Å². The minimum atomic E-state index is -0.521. The third-order valence-electron chi connectivity index (χ3n) is 3.43. The Morgan fingerprint density at radius 1 is 1.08 bits per heavy atom. The zero-order valence-electron chi connectivity index (χ0n) is 13.8. The fourth-order valence-electron chi connectivity index (χ4n) is 2.19. The molecule has 0 fully saturated rings. The third-order valence-corrected chi connectivity index (χ3v) is 3.43. The summed E-state index contributed by atoms with van der Waals surface area (Å²) in [4.78, 5) is 34.8. The van der Waals surface area contributed by atoms with E-state index in [0.29, 0.717) is 16.8 Å². The largest absolute Gasteiger partial charge is 0.366 e. The van der Waals surface area contributed by atoms with Gasteiger partial charge in [-0.2, -0.15) is 0 Å². The van der Waals surface area contributed by atoms with Crippen molar-refractivity contribution >= 4 is 29.5 Å². The van der Waals surface area contributed by atoms with Crippen LogP contribution in [0.3, 0.4) is 0 Å². The molecule has 0 saturated carbocycles. The molecule has 0 atom stereocenters. The van der Waals surface area contributed by atoms with Gasteiger partial charge in [-0.25, -0.2) is 0 Å². The number of carbonyl (C=O) groups is 3. The van der Waals surface area contributed by atoms with Crippen LogP contribution in [0.1, 0.15) is 21.5 Å². The van der Waals surface area contributed by atoms with E-state index in [4.69, 9.17) is 5.73 Å². The fourth-order valence-corrected chi connectivity index (χ4v) is 2.19. The number of hydrogen-bond acceptors (Lipinski definition) is 3. The number of nitrogens with one attached hydrogen (secondary N) is 2. The van der Waals surface area contributed by atoms with Crippen molar-refractivity contribution < 1.29 is 14.4 Å². The summed E-state index contributed by atoms with van der Waals surface area (Å²) in [5.74, 6) is -1.25. The van der Waals surface area contributed by atoms with Gasteiger partial charge < -0.3 is 16.4 Å². The Hall–Kier alpha value is -3.41. The van der Waals surface area contributed by atoms with Gasteiger partial charge in [-0.05, 0) is 42.3 Å². The van der Waals surface area contributed by atoms with Crippen LogP contribution in [0.2, 0.25) is 0 Å². The second-order valence-corrected chi connectivity index (χ2v) is 5.40. The van der Waals surface area contributed by atoms with Crippen LogP contribution in [0.4, 0.5) is 5.69 Å². The number of carbonyl (C=O) groups excluding carboxylic acids is 3. The molecular weight excluding hydrogens is 318 g/mol. The minimum Gasteiger partial charge on any atom is -0.366 e. The summed E-state index contributed by atoms with van der Waals surface area (Å²) in [7, 11) is 0. The molecular formula is C19H19N3O3. The molecule has 128 valence electrons. The molecule has 2 rings (SSSR count). The van der Waals surface area contributed by atoms with Crippen molar-refractivity contribution in [3.05, 3.63) is 71.3 Å². The van der Waals surface area contributed by atoms with Gasteiger partial charge in [0.25, 0.3) is 0 Å². The maximum Gasteiger partial charge on any atom is 0.248 e. The van der Waals surface area contributed by atoms with Crippen molar-refractivity contribution in [3.8, 4) is 0 Å². The highest BCUT2D eigenvalue weighted by Gasteiger charge is 2.08. The Balaban J connectivity index is 1.84. The van der Waals surface area contributed by atoms with Gasteiger partial charge in [0.15, 0.2) is 0 Å². The lowest BCUT2D eigenvalue weighted by atomic mass is 10.1. The van der Waals surface area contributed by atoms with Crippen LogP contribution in [0.25, 0.3) is 6.08 Å². The van der Waals surface area contributed by atoms with Crippen LogP contribution in [0, 0.1) is 6.92 Å². The normalized spacial score (nSPS) is 10.4. The molecule has 2 aromatic rings. The van der Waals surface area contributed by atoms with Crippen molar-refractivity contribution in [1.29, 1.82) is 0 Å². The molecule has 3 amide bonds. The first-order valence-corrected chi connectivity index (χ1v) is 7.67. The fraction of sp³-hybridized carbons (Fsp3) is 0.105. The summed E-state index contributed by atoms with van der Waals surface area (Å²) in [5.41, 5.74) is 7.73. The average Bonchev–Trinajstić information content (AvgIpc) is 2.59. The van der Waals surface area contributed by atoms with Gasteiger partial charge in [0.2, 0.25) is 17.7 Å². The van der Waals surface area contributed by atoms with E-state index in [9.17, 15) is 14.4 Å². The van der Waals surface area contributed by atoms with Gasteiger partial charge in [-0.3, -0.25) is 14.4 Å². The van der Waals surface area contributed by atoms with E-state index in [-0.39, 0.29) is 18.4 Å². The lowest BCUT2D eigenvalue weighted by Gasteiger charge is -2.08. The van der Waals surface area contributed by atoms with Gasteiger partial charge in [0, 0.05) is 17.3 Å². The van der Waals surface area contributed by atoms with Crippen LogP contribution in [0.15, 0.2) is 54.6 Å². The van der Waals surface area contributed by atoms with Gasteiger partial charge in [0.05, 0.1) is 6.54 Å². The van der Waals surface area contributed by atoms with Crippen molar-refractivity contribution in [2.45, 2.75) is 6.92 Å². The summed E-state index contributed by atoms with van der Waals surface area (Å²) in [6.07, 6.45) is 3.04. The molecule has 4 N–H and O–H groups in total. The van der Waals surface area contributed by atoms with Gasteiger partial charge in [0.1, 0.15) is 0 Å². The van der Waals surface area contributed by atoms with E-state index in [0.717, 1.165) is 5.56 Å². The van der Waals surface area contributed by atoms with Crippen molar-refractivity contribution in [2.75, 3.05) is 11.9 Å². The molecule has 2 aromatic carbocycles. The molecule has 6 nitrogen and oxygen atoms in total. The average molecular weight is 337 g/mol. The molecule has 0 aliphatic heterocycles. The summed E-state index contributed by atoms with van der Waals surface area (Å²) in [6.45, 7) is 1.57. The van der Waals surface area contributed by atoms with Crippen molar-refractivity contribution in [2.24, 2.45) is 5.73 Å². The van der Waals surface area contributed by atoms with Gasteiger partial charge >= 0.3 is 0 Å². The van der Waals surface area contributed by atoms with Crippen molar-refractivity contribution in [1.82, 2.24) is 5.32 Å². The highest BCUT2D eigenvalue weighted by atomic mass is 16.2. The van der Waals surface area contributed by atoms with E-state index >= 15 is 0 Å². The maximum absolute atomic E-state index is 11.9. The highest BCUT2D eigenvalue weighted by molar-refractivity contribution is 5.99. The summed E-state index contributed by atoms with van der Waals surface area (Å²) in [5, 5.41) is 5.15. The third kappa shape index (κ3) is 5.62. The van der Waals surface area contributed by atoms with Crippen LogP contribution in [-0.4, -0.2) is 24.3 Å². The zero-order valence-corrected chi connectivity index (χ0v) is 13.8. The SMILES string of the molecule is Cc1cc(NC(=O)CNC(=O)C=Cc2ccccc2)ccc1C(N)=O. The first kappa shape index (κ1) is 17.9. The summed E-state index contributed by atoms with van der Waals surface area (Å²) in [6, 6.07) is 14.2. The lowest BCUT2D eigenvalue weighted by molar-refractivity contribution is -0.121. The Kier molecular flexibility index (Phi) is 6.06. The first-order valence-electron chi connectivity index (χ1n) is 7.67. The number of nitrogens with two attached hydrogens (primary N) is 1. The quantitative estimate of drug-likeness (QED) is 0.701. The Morgan fingerprint density at radius 3 is 2.44 bits per heavy atom. The Bertz CT molecular complexity index is 814. The van der Waals surface area contributed by atoms with E-state index < -0.39 is 5.91 Å². The predicted octanol–water partition coefficient (Wildman–Crippen LogP) is 1.86. The van der Waals surface area contributed by atoms with E-state index in [1.54, 1.807) is 31.2 Å². The second-order valence-electron chi connectivity index (χ2n) is 5.40. The number of amides is 3.